The number of aryl methyl sites for hydroxylation is 1. The van der Waals surface area contributed by atoms with Crippen LogP contribution >= 0.6 is 0 Å². The summed E-state index contributed by atoms with van der Waals surface area (Å²) in [5.41, 5.74) is 1.33. The third kappa shape index (κ3) is 6.80. The van der Waals surface area contributed by atoms with Crippen molar-refractivity contribution in [1.29, 1.82) is 0 Å². The van der Waals surface area contributed by atoms with Crippen molar-refractivity contribution >= 4 is 5.97 Å². The molecule has 0 saturated heterocycles. The lowest BCUT2D eigenvalue weighted by molar-refractivity contribution is -0.139. The van der Waals surface area contributed by atoms with Crippen molar-refractivity contribution in [1.82, 2.24) is 0 Å². The van der Waals surface area contributed by atoms with Gasteiger partial charge in [-0.25, -0.2) is 4.39 Å². The topological polar surface area (TPSA) is 37.3 Å². The lowest BCUT2D eigenvalue weighted by atomic mass is 9.67. The summed E-state index contributed by atoms with van der Waals surface area (Å²) < 4.78 is 14.4. The molecular formula is C28H43FO2. The van der Waals surface area contributed by atoms with Crippen LogP contribution in [0, 0.1) is 29.5 Å². The molecule has 3 rings (SSSR count). The highest BCUT2D eigenvalue weighted by Gasteiger charge is 2.33. The number of carboxylic acid groups (broad SMARTS) is 1. The van der Waals surface area contributed by atoms with Crippen LogP contribution in [-0.4, -0.2) is 11.1 Å². The van der Waals surface area contributed by atoms with E-state index < -0.39 is 11.9 Å². The van der Waals surface area contributed by atoms with Crippen LogP contribution in [0.5, 0.6) is 0 Å². The van der Waals surface area contributed by atoms with E-state index >= 15 is 0 Å². The van der Waals surface area contributed by atoms with Gasteiger partial charge in [0.1, 0.15) is 5.82 Å². The van der Waals surface area contributed by atoms with E-state index in [0.717, 1.165) is 37.0 Å². The molecule has 3 heteroatoms. The minimum Gasteiger partial charge on any atom is -0.481 e. The highest BCUT2D eigenvalue weighted by Crippen LogP contribution is 2.44. The molecule has 0 heterocycles. The summed E-state index contributed by atoms with van der Waals surface area (Å²) in [6.45, 7) is 4.32. The van der Waals surface area contributed by atoms with E-state index in [0.29, 0.717) is 29.9 Å². The van der Waals surface area contributed by atoms with Gasteiger partial charge in [0.05, 0.1) is 5.92 Å². The Balaban J connectivity index is 1.50. The second kappa shape index (κ2) is 12.0. The number of unbranched alkanes of at least 4 members (excludes halogenated alkanes) is 1. The van der Waals surface area contributed by atoms with Crippen molar-refractivity contribution in [2.24, 2.45) is 23.7 Å². The first-order chi connectivity index (χ1) is 15.0. The number of hydrogen-bond acceptors (Lipinski definition) is 1. The van der Waals surface area contributed by atoms with Crippen molar-refractivity contribution in [2.45, 2.75) is 110 Å². The highest BCUT2D eigenvalue weighted by molar-refractivity contribution is 5.76. The molecule has 0 aliphatic heterocycles. The standard InChI is InChI=1S/C28H43FO2/c1-3-5-7-20-8-12-22(13-9-20)23-14-10-21(11-15-23)18-26(28(30)31)25-17-16-24(6-4-2)27(29)19-25/h16-17,19-23,26H,3-15,18H2,1-2H3,(H,30,31). The zero-order valence-corrected chi connectivity index (χ0v) is 19.8. The molecule has 0 aromatic heterocycles. The summed E-state index contributed by atoms with van der Waals surface area (Å²) in [6, 6.07) is 5.11. The van der Waals surface area contributed by atoms with E-state index in [-0.39, 0.29) is 5.82 Å². The Kier molecular flexibility index (Phi) is 9.41. The van der Waals surface area contributed by atoms with E-state index in [1.165, 1.54) is 63.9 Å². The highest BCUT2D eigenvalue weighted by atomic mass is 19.1. The first-order valence-corrected chi connectivity index (χ1v) is 13.0. The van der Waals surface area contributed by atoms with Crippen LogP contribution in [0.15, 0.2) is 18.2 Å². The number of halogens is 1. The van der Waals surface area contributed by atoms with E-state index in [2.05, 4.69) is 6.92 Å². The smallest absolute Gasteiger partial charge is 0.310 e. The van der Waals surface area contributed by atoms with E-state index in [4.69, 9.17) is 0 Å². The molecule has 1 atom stereocenters. The predicted octanol–water partition coefficient (Wildman–Crippen LogP) is 8.14. The normalized spacial score (nSPS) is 27.7. The molecule has 1 unspecified atom stereocenters. The van der Waals surface area contributed by atoms with Crippen LogP contribution in [0.1, 0.15) is 114 Å². The molecule has 0 amide bonds. The Morgan fingerprint density at radius 2 is 1.58 bits per heavy atom. The lowest BCUT2D eigenvalue weighted by Gasteiger charge is -2.38. The minimum absolute atomic E-state index is 0.246. The molecule has 0 spiro atoms. The van der Waals surface area contributed by atoms with Gasteiger partial charge in [0.2, 0.25) is 0 Å². The lowest BCUT2D eigenvalue weighted by Crippen LogP contribution is -2.27. The van der Waals surface area contributed by atoms with Gasteiger partial charge in [0.25, 0.3) is 0 Å². The predicted molar refractivity (Wildman–Crippen MR) is 126 cm³/mol. The maximum absolute atomic E-state index is 14.4. The largest absolute Gasteiger partial charge is 0.481 e. The third-order valence-corrected chi connectivity index (χ3v) is 8.28. The molecule has 2 aliphatic rings. The van der Waals surface area contributed by atoms with Crippen LogP contribution in [-0.2, 0) is 11.2 Å². The van der Waals surface area contributed by atoms with E-state index in [1.807, 2.05) is 13.0 Å². The maximum atomic E-state index is 14.4. The minimum atomic E-state index is -0.810. The Morgan fingerprint density at radius 3 is 2.10 bits per heavy atom. The molecule has 0 radical (unpaired) electrons. The molecular weight excluding hydrogens is 387 g/mol. The zero-order chi connectivity index (χ0) is 22.2. The molecule has 0 bridgehead atoms. The van der Waals surface area contributed by atoms with Gasteiger partial charge < -0.3 is 5.11 Å². The maximum Gasteiger partial charge on any atom is 0.310 e. The summed E-state index contributed by atoms with van der Waals surface area (Å²) in [7, 11) is 0. The first kappa shape index (κ1) is 24.3. The molecule has 31 heavy (non-hydrogen) atoms. The Morgan fingerprint density at radius 1 is 0.968 bits per heavy atom. The fourth-order valence-corrected chi connectivity index (χ4v) is 6.30. The van der Waals surface area contributed by atoms with Crippen molar-refractivity contribution in [3.8, 4) is 0 Å². The summed E-state index contributed by atoms with van der Waals surface area (Å²) >= 11 is 0. The second-order valence-electron chi connectivity index (χ2n) is 10.4. The van der Waals surface area contributed by atoms with Gasteiger partial charge in [-0.2, -0.15) is 0 Å². The third-order valence-electron chi connectivity index (χ3n) is 8.28. The summed E-state index contributed by atoms with van der Waals surface area (Å²) in [6.07, 6.45) is 16.8. The first-order valence-electron chi connectivity index (χ1n) is 13.0. The Bertz CT molecular complexity index is 684. The van der Waals surface area contributed by atoms with Gasteiger partial charge in [-0.15, -0.1) is 0 Å². The quantitative estimate of drug-likeness (QED) is 0.407. The van der Waals surface area contributed by atoms with Crippen LogP contribution in [0.2, 0.25) is 0 Å². The van der Waals surface area contributed by atoms with Crippen LogP contribution in [0.4, 0.5) is 4.39 Å². The van der Waals surface area contributed by atoms with Crippen LogP contribution in [0.3, 0.4) is 0 Å². The SMILES string of the molecule is CCCCC1CCC(C2CCC(CC(C(=O)O)c3ccc(CCC)c(F)c3)CC2)CC1. The molecule has 2 aliphatic carbocycles. The fraction of sp³-hybridized carbons (Fsp3) is 0.750. The molecule has 1 N–H and O–H groups in total. The summed E-state index contributed by atoms with van der Waals surface area (Å²) in [5.74, 6) is 1.52. The summed E-state index contributed by atoms with van der Waals surface area (Å²) in [5, 5.41) is 9.84. The van der Waals surface area contributed by atoms with Gasteiger partial charge in [-0.3, -0.25) is 4.79 Å². The number of aliphatic carboxylic acids is 1. The van der Waals surface area contributed by atoms with Crippen molar-refractivity contribution in [2.75, 3.05) is 0 Å². The molecule has 1 aromatic carbocycles. The average molecular weight is 431 g/mol. The molecule has 2 nitrogen and oxygen atoms in total. The van der Waals surface area contributed by atoms with Crippen LogP contribution in [0.25, 0.3) is 0 Å². The van der Waals surface area contributed by atoms with Crippen molar-refractivity contribution in [3.63, 3.8) is 0 Å². The van der Waals surface area contributed by atoms with Gasteiger partial charge in [-0.1, -0.05) is 77.3 Å². The van der Waals surface area contributed by atoms with Crippen molar-refractivity contribution in [3.05, 3.63) is 35.1 Å². The number of carboxylic acids is 1. The van der Waals surface area contributed by atoms with Gasteiger partial charge in [0, 0.05) is 0 Å². The number of carbonyl (C=O) groups is 1. The molecule has 174 valence electrons. The van der Waals surface area contributed by atoms with Gasteiger partial charge >= 0.3 is 5.97 Å². The number of benzene rings is 1. The number of rotatable bonds is 10. The fourth-order valence-electron chi connectivity index (χ4n) is 6.30. The Labute approximate surface area is 189 Å². The van der Waals surface area contributed by atoms with Gasteiger partial charge in [-0.05, 0) is 79.4 Å². The summed E-state index contributed by atoms with van der Waals surface area (Å²) in [4.78, 5) is 12.0. The molecule has 2 fully saturated rings. The van der Waals surface area contributed by atoms with Crippen LogP contribution < -0.4 is 0 Å². The number of hydrogen-bond donors (Lipinski definition) is 1. The second-order valence-corrected chi connectivity index (χ2v) is 10.4. The zero-order valence-electron chi connectivity index (χ0n) is 19.8. The van der Waals surface area contributed by atoms with Gasteiger partial charge in [0.15, 0.2) is 0 Å². The monoisotopic (exact) mass is 430 g/mol. The molecule has 2 saturated carbocycles. The Hall–Kier alpha value is -1.38. The van der Waals surface area contributed by atoms with E-state index in [1.54, 1.807) is 6.07 Å². The average Bonchev–Trinajstić information content (AvgIpc) is 2.78. The van der Waals surface area contributed by atoms with E-state index in [9.17, 15) is 14.3 Å². The van der Waals surface area contributed by atoms with Crippen molar-refractivity contribution < 1.29 is 14.3 Å². The molecule has 1 aromatic rings.